The summed E-state index contributed by atoms with van der Waals surface area (Å²) in [7, 11) is -6.55. The summed E-state index contributed by atoms with van der Waals surface area (Å²) in [5.41, 5.74) is 0. The predicted molar refractivity (Wildman–Crippen MR) is 54.4 cm³/mol. The van der Waals surface area contributed by atoms with E-state index < -0.39 is 50.7 Å². The Labute approximate surface area is 114 Å². The molecule has 0 radical (unpaired) electrons. The molecule has 0 fully saturated rings. The summed E-state index contributed by atoms with van der Waals surface area (Å²) >= 11 is 0. The Morgan fingerprint density at radius 3 is 1.81 bits per heavy atom. The number of sulfonamides is 1. The molecule has 0 aliphatic rings. The largest absolute Gasteiger partial charge is 0.480 e. The molecule has 0 amide bonds. The van der Waals surface area contributed by atoms with Gasteiger partial charge >= 0.3 is 23.3 Å². The zero-order valence-electron chi connectivity index (χ0n) is 10.3. The normalized spacial score (nSPS) is 14.5. The van der Waals surface area contributed by atoms with Crippen molar-refractivity contribution in [2.45, 2.75) is 30.7 Å². The van der Waals surface area contributed by atoms with Gasteiger partial charge in [-0.2, -0.15) is 35.0 Å². The Kier molecular flexibility index (Phi) is 5.63. The van der Waals surface area contributed by atoms with Gasteiger partial charge in [-0.3, -0.25) is 4.79 Å². The van der Waals surface area contributed by atoms with E-state index in [9.17, 15) is 43.9 Å². The van der Waals surface area contributed by atoms with Gasteiger partial charge < -0.3 is 5.11 Å². The highest BCUT2D eigenvalue weighted by Gasteiger charge is 2.79. The van der Waals surface area contributed by atoms with Crippen LogP contribution < -0.4 is 0 Å². The van der Waals surface area contributed by atoms with E-state index in [1.807, 2.05) is 0 Å². The highest BCUT2D eigenvalue weighted by molar-refractivity contribution is 7.90. The summed E-state index contributed by atoms with van der Waals surface area (Å²) in [5.74, 6) is -8.86. The molecule has 5 nitrogen and oxygen atoms in total. The third-order valence-corrected chi connectivity index (χ3v) is 4.07. The van der Waals surface area contributed by atoms with Crippen LogP contribution >= 0.6 is 0 Å². The Hall–Kier alpha value is -1.11. The molecule has 0 aliphatic carbocycles. The fourth-order valence-electron chi connectivity index (χ4n) is 1.17. The van der Waals surface area contributed by atoms with Gasteiger partial charge in [-0.25, -0.2) is 8.42 Å². The molecule has 0 atom stereocenters. The quantitative estimate of drug-likeness (QED) is 0.713. The number of carbonyl (C=O) groups is 1. The van der Waals surface area contributed by atoms with E-state index >= 15 is 0 Å². The molecule has 0 aromatic carbocycles. The number of rotatable bonds is 7. The molecule has 0 unspecified atom stereocenters. The van der Waals surface area contributed by atoms with Crippen LogP contribution in [0, 0.1) is 0 Å². The molecule has 21 heavy (non-hydrogen) atoms. The average Bonchev–Trinajstić information content (AvgIpc) is 2.25. The number of aliphatic carboxylic acids is 1. The van der Waals surface area contributed by atoms with Gasteiger partial charge in [0.2, 0.25) is 0 Å². The standard InChI is InChI=1S/C8H10F7NO4S/c1-2-3-16(4-5(17)18)21(19,20)8(14,15)6(9,10)7(11,12)13/h2-4H2,1H3,(H,17,18). The number of halogens is 7. The van der Waals surface area contributed by atoms with Crippen molar-refractivity contribution in [3.05, 3.63) is 0 Å². The molecule has 0 saturated heterocycles. The second-order valence-electron chi connectivity index (χ2n) is 3.82. The number of carboxylic acids is 1. The number of hydrogen-bond acceptors (Lipinski definition) is 3. The van der Waals surface area contributed by atoms with Gasteiger partial charge in [0.25, 0.3) is 10.0 Å². The predicted octanol–water partition coefficient (Wildman–Crippen LogP) is 1.90. The van der Waals surface area contributed by atoms with Gasteiger partial charge in [0, 0.05) is 6.54 Å². The smallest absolute Gasteiger partial charge is 0.461 e. The molecular formula is C8H10F7NO4S. The Balaban J connectivity index is 5.90. The topological polar surface area (TPSA) is 74.7 Å². The Bertz CT molecular complexity index is 487. The van der Waals surface area contributed by atoms with Crippen molar-refractivity contribution in [3.63, 3.8) is 0 Å². The summed E-state index contributed by atoms with van der Waals surface area (Å²) in [5, 5.41) is 1.80. The maximum Gasteiger partial charge on any atom is 0.461 e. The van der Waals surface area contributed by atoms with Crippen LogP contribution in [0.25, 0.3) is 0 Å². The van der Waals surface area contributed by atoms with Crippen LogP contribution in [0.4, 0.5) is 30.7 Å². The van der Waals surface area contributed by atoms with Crippen LogP contribution in [0.15, 0.2) is 0 Å². The number of nitrogens with zero attached hydrogens (tertiary/aromatic N) is 1. The highest BCUT2D eigenvalue weighted by atomic mass is 32.2. The van der Waals surface area contributed by atoms with Crippen LogP contribution in [0.5, 0.6) is 0 Å². The van der Waals surface area contributed by atoms with Gasteiger partial charge in [0.15, 0.2) is 0 Å². The molecule has 0 heterocycles. The second-order valence-corrected chi connectivity index (χ2v) is 5.80. The van der Waals surface area contributed by atoms with Gasteiger partial charge in [0.05, 0.1) is 0 Å². The first-order valence-electron chi connectivity index (χ1n) is 5.16. The van der Waals surface area contributed by atoms with E-state index in [0.29, 0.717) is 0 Å². The fraction of sp³-hybridized carbons (Fsp3) is 0.875. The van der Waals surface area contributed by atoms with E-state index in [2.05, 4.69) is 0 Å². The maximum atomic E-state index is 13.2. The first-order valence-corrected chi connectivity index (χ1v) is 6.60. The summed E-state index contributed by atoms with van der Waals surface area (Å²) in [6.45, 7) is -1.44. The lowest BCUT2D eigenvalue weighted by Crippen LogP contribution is -2.60. The average molecular weight is 349 g/mol. The van der Waals surface area contributed by atoms with Crippen molar-refractivity contribution in [1.29, 1.82) is 0 Å². The molecule has 0 bridgehead atoms. The Morgan fingerprint density at radius 2 is 1.52 bits per heavy atom. The van der Waals surface area contributed by atoms with E-state index in [0.717, 1.165) is 0 Å². The van der Waals surface area contributed by atoms with Gasteiger partial charge in [0.1, 0.15) is 6.54 Å². The molecule has 13 heteroatoms. The molecule has 0 aromatic heterocycles. The fourth-order valence-corrected chi connectivity index (χ4v) is 2.64. The van der Waals surface area contributed by atoms with Crippen molar-refractivity contribution in [2.75, 3.05) is 13.1 Å². The van der Waals surface area contributed by atoms with E-state index in [4.69, 9.17) is 5.11 Å². The lowest BCUT2D eigenvalue weighted by molar-refractivity contribution is -0.332. The maximum absolute atomic E-state index is 13.2. The highest BCUT2D eigenvalue weighted by Crippen LogP contribution is 2.49. The lowest BCUT2D eigenvalue weighted by Gasteiger charge is -2.31. The van der Waals surface area contributed by atoms with E-state index in [1.54, 1.807) is 0 Å². The minimum Gasteiger partial charge on any atom is -0.480 e. The number of carboxylic acid groups (broad SMARTS) is 1. The van der Waals surface area contributed by atoms with Gasteiger partial charge in [-0.1, -0.05) is 6.92 Å². The lowest BCUT2D eigenvalue weighted by atomic mass is 10.3. The molecule has 0 rings (SSSR count). The van der Waals surface area contributed by atoms with Crippen LogP contribution in [0.3, 0.4) is 0 Å². The SMILES string of the molecule is CCCN(CC(=O)O)S(=O)(=O)C(F)(F)C(F)(F)C(F)(F)F. The summed E-state index contributed by atoms with van der Waals surface area (Å²) in [6.07, 6.45) is -7.11. The first kappa shape index (κ1) is 19.9. The monoisotopic (exact) mass is 349 g/mol. The zero-order valence-corrected chi connectivity index (χ0v) is 11.1. The van der Waals surface area contributed by atoms with Crippen molar-refractivity contribution in [1.82, 2.24) is 4.31 Å². The van der Waals surface area contributed by atoms with Crippen LogP contribution in [-0.2, 0) is 14.8 Å². The van der Waals surface area contributed by atoms with E-state index in [1.165, 1.54) is 6.92 Å². The van der Waals surface area contributed by atoms with E-state index in [-0.39, 0.29) is 6.42 Å². The summed E-state index contributed by atoms with van der Waals surface area (Å²) in [6, 6.07) is 0. The van der Waals surface area contributed by atoms with Crippen molar-refractivity contribution in [3.8, 4) is 0 Å². The van der Waals surface area contributed by atoms with Crippen molar-refractivity contribution in [2.24, 2.45) is 0 Å². The molecule has 0 saturated carbocycles. The minimum atomic E-state index is -6.87. The number of hydrogen-bond donors (Lipinski definition) is 1. The zero-order chi connectivity index (χ0) is 17.3. The van der Waals surface area contributed by atoms with Gasteiger partial charge in [-0.15, -0.1) is 0 Å². The molecule has 126 valence electrons. The number of alkyl halides is 7. The Morgan fingerprint density at radius 1 is 1.10 bits per heavy atom. The van der Waals surface area contributed by atoms with Crippen molar-refractivity contribution < 1.29 is 49.1 Å². The van der Waals surface area contributed by atoms with Crippen LogP contribution in [-0.4, -0.2) is 54.2 Å². The third kappa shape index (κ3) is 3.56. The molecule has 0 spiro atoms. The minimum absolute atomic E-state index is 0.278. The van der Waals surface area contributed by atoms with Gasteiger partial charge in [-0.05, 0) is 6.42 Å². The molecule has 0 aliphatic heterocycles. The summed E-state index contributed by atoms with van der Waals surface area (Å²) < 4.78 is 110. The van der Waals surface area contributed by atoms with Crippen LogP contribution in [0.1, 0.15) is 13.3 Å². The first-order chi connectivity index (χ1) is 9.13. The van der Waals surface area contributed by atoms with Crippen molar-refractivity contribution >= 4 is 16.0 Å². The third-order valence-electron chi connectivity index (χ3n) is 2.17. The summed E-state index contributed by atoms with van der Waals surface area (Å²) in [4.78, 5) is 10.3. The molecule has 0 aromatic rings. The molecular weight excluding hydrogens is 339 g/mol. The second kappa shape index (κ2) is 5.94. The van der Waals surface area contributed by atoms with Crippen LogP contribution in [0.2, 0.25) is 0 Å². The molecule has 1 N–H and O–H groups in total.